The summed E-state index contributed by atoms with van der Waals surface area (Å²) in [6, 6.07) is 9.25. The molecular formula is C14H13ClN2O. The largest absolute Gasteiger partial charge is 0.337 e. The summed E-state index contributed by atoms with van der Waals surface area (Å²) in [4.78, 5) is 18.4. The molecule has 92 valence electrons. The highest BCUT2D eigenvalue weighted by atomic mass is 35.5. The highest BCUT2D eigenvalue weighted by molar-refractivity contribution is 6.35. The Morgan fingerprint density at radius 3 is 2.83 bits per heavy atom. The summed E-state index contributed by atoms with van der Waals surface area (Å²) in [6.45, 7) is 3.75. The number of pyridine rings is 1. The molecule has 0 bridgehead atoms. The highest BCUT2D eigenvalue weighted by Crippen LogP contribution is 2.24. The van der Waals surface area contributed by atoms with Gasteiger partial charge in [0.25, 0.3) is 5.91 Å². The Labute approximate surface area is 110 Å². The van der Waals surface area contributed by atoms with Gasteiger partial charge in [0.2, 0.25) is 0 Å². The predicted octanol–water partition coefficient (Wildman–Crippen LogP) is 2.98. The molecule has 4 heteroatoms. The van der Waals surface area contributed by atoms with Gasteiger partial charge in [-0.25, -0.2) is 4.98 Å². The Morgan fingerprint density at radius 1 is 1.39 bits per heavy atom. The quantitative estimate of drug-likeness (QED) is 0.790. The number of nitrogens with zero attached hydrogens (tertiary/aromatic N) is 2. The summed E-state index contributed by atoms with van der Waals surface area (Å²) < 4.78 is 0. The number of para-hydroxylation sites is 1. The van der Waals surface area contributed by atoms with Crippen LogP contribution in [0.1, 0.15) is 17.4 Å². The number of carbonyl (C=O) groups excluding carboxylic acids is 1. The van der Waals surface area contributed by atoms with E-state index in [4.69, 9.17) is 11.6 Å². The van der Waals surface area contributed by atoms with E-state index in [1.165, 1.54) is 0 Å². The van der Waals surface area contributed by atoms with Gasteiger partial charge in [-0.15, -0.1) is 0 Å². The average molecular weight is 261 g/mol. The first-order valence-electron chi connectivity index (χ1n) is 5.99. The third-order valence-electron chi connectivity index (χ3n) is 3.24. The van der Waals surface area contributed by atoms with Crippen molar-refractivity contribution >= 4 is 28.4 Å². The standard InChI is InChI=1S/C14H13ClN2O/c1-9-7-17(8-9)14(18)13-6-11(15)10-4-2-3-5-12(10)16-13/h2-6,9H,7-8H2,1H3. The molecule has 1 fully saturated rings. The van der Waals surface area contributed by atoms with Crippen molar-refractivity contribution in [2.45, 2.75) is 6.92 Å². The van der Waals surface area contributed by atoms with Crippen LogP contribution in [0.5, 0.6) is 0 Å². The number of benzene rings is 1. The number of amides is 1. The molecule has 0 atom stereocenters. The minimum atomic E-state index is -0.0271. The minimum absolute atomic E-state index is 0.0271. The number of hydrogen-bond donors (Lipinski definition) is 0. The molecule has 3 nitrogen and oxygen atoms in total. The summed E-state index contributed by atoms with van der Waals surface area (Å²) in [5.41, 5.74) is 1.20. The molecule has 2 heterocycles. The van der Waals surface area contributed by atoms with Crippen molar-refractivity contribution in [2.24, 2.45) is 5.92 Å². The Hall–Kier alpha value is -1.61. The SMILES string of the molecule is CC1CN(C(=O)c2cc(Cl)c3ccccc3n2)C1. The van der Waals surface area contributed by atoms with Crippen LogP contribution in [0.25, 0.3) is 10.9 Å². The normalized spacial score (nSPS) is 15.8. The number of halogens is 1. The first-order valence-corrected chi connectivity index (χ1v) is 6.37. The second-order valence-electron chi connectivity index (χ2n) is 4.82. The maximum Gasteiger partial charge on any atom is 0.272 e. The highest BCUT2D eigenvalue weighted by Gasteiger charge is 2.28. The molecule has 3 rings (SSSR count). The van der Waals surface area contributed by atoms with Crippen molar-refractivity contribution < 1.29 is 4.79 Å². The lowest BCUT2D eigenvalue weighted by Gasteiger charge is -2.36. The van der Waals surface area contributed by atoms with Crippen molar-refractivity contribution in [3.05, 3.63) is 41.0 Å². The molecule has 1 aromatic carbocycles. The number of rotatable bonds is 1. The van der Waals surface area contributed by atoms with E-state index in [2.05, 4.69) is 11.9 Å². The summed E-state index contributed by atoms with van der Waals surface area (Å²) in [5, 5.41) is 1.46. The van der Waals surface area contributed by atoms with Crippen LogP contribution in [0.3, 0.4) is 0 Å². The second kappa shape index (κ2) is 4.25. The fourth-order valence-electron chi connectivity index (χ4n) is 2.27. The first-order chi connectivity index (χ1) is 8.65. The molecule has 0 N–H and O–H groups in total. The van der Waals surface area contributed by atoms with E-state index in [0.717, 1.165) is 24.0 Å². The van der Waals surface area contributed by atoms with E-state index >= 15 is 0 Å². The van der Waals surface area contributed by atoms with Gasteiger partial charge in [-0.3, -0.25) is 4.79 Å². The molecule has 0 radical (unpaired) electrons. The lowest BCUT2D eigenvalue weighted by atomic mass is 10.0. The number of aromatic nitrogens is 1. The molecule has 0 spiro atoms. The van der Waals surface area contributed by atoms with Gasteiger partial charge < -0.3 is 4.90 Å². The molecular weight excluding hydrogens is 248 g/mol. The van der Waals surface area contributed by atoms with Crippen LogP contribution < -0.4 is 0 Å². The van der Waals surface area contributed by atoms with Crippen molar-refractivity contribution in [2.75, 3.05) is 13.1 Å². The van der Waals surface area contributed by atoms with Gasteiger partial charge in [0, 0.05) is 18.5 Å². The maximum absolute atomic E-state index is 12.2. The van der Waals surface area contributed by atoms with Gasteiger partial charge >= 0.3 is 0 Å². The lowest BCUT2D eigenvalue weighted by Crippen LogP contribution is -2.48. The van der Waals surface area contributed by atoms with E-state index in [0.29, 0.717) is 16.6 Å². The Kier molecular flexibility index (Phi) is 2.71. The minimum Gasteiger partial charge on any atom is -0.337 e. The third-order valence-corrected chi connectivity index (χ3v) is 3.55. The molecule has 1 saturated heterocycles. The van der Waals surface area contributed by atoms with Crippen LogP contribution in [0, 0.1) is 5.92 Å². The predicted molar refractivity (Wildman–Crippen MR) is 71.8 cm³/mol. The zero-order valence-electron chi connectivity index (χ0n) is 10.1. The van der Waals surface area contributed by atoms with Crippen LogP contribution in [0.15, 0.2) is 30.3 Å². The van der Waals surface area contributed by atoms with Crippen LogP contribution in [0.2, 0.25) is 5.02 Å². The van der Waals surface area contributed by atoms with Crippen LogP contribution >= 0.6 is 11.6 Å². The fourth-order valence-corrected chi connectivity index (χ4v) is 2.53. The molecule has 18 heavy (non-hydrogen) atoms. The Balaban J connectivity index is 2.00. The van der Waals surface area contributed by atoms with Crippen molar-refractivity contribution in [3.8, 4) is 0 Å². The molecule has 0 unspecified atom stereocenters. The summed E-state index contributed by atoms with van der Waals surface area (Å²) in [7, 11) is 0. The number of likely N-dealkylation sites (tertiary alicyclic amines) is 1. The summed E-state index contributed by atoms with van der Waals surface area (Å²) >= 11 is 6.19. The zero-order valence-corrected chi connectivity index (χ0v) is 10.8. The fraction of sp³-hybridized carbons (Fsp3) is 0.286. The number of fused-ring (bicyclic) bond motifs is 1. The monoisotopic (exact) mass is 260 g/mol. The van der Waals surface area contributed by atoms with Gasteiger partial charge in [-0.2, -0.15) is 0 Å². The van der Waals surface area contributed by atoms with E-state index in [1.807, 2.05) is 24.3 Å². The Bertz CT molecular complexity index is 620. The van der Waals surface area contributed by atoms with E-state index < -0.39 is 0 Å². The smallest absolute Gasteiger partial charge is 0.272 e. The topological polar surface area (TPSA) is 33.2 Å². The van der Waals surface area contributed by atoms with Crippen LogP contribution in [-0.2, 0) is 0 Å². The van der Waals surface area contributed by atoms with Gasteiger partial charge in [0.05, 0.1) is 10.5 Å². The maximum atomic E-state index is 12.2. The van der Waals surface area contributed by atoms with Gasteiger partial charge in [-0.05, 0) is 18.1 Å². The number of hydrogen-bond acceptors (Lipinski definition) is 2. The van der Waals surface area contributed by atoms with E-state index in [1.54, 1.807) is 11.0 Å². The van der Waals surface area contributed by atoms with Crippen LogP contribution in [0.4, 0.5) is 0 Å². The van der Waals surface area contributed by atoms with E-state index in [9.17, 15) is 4.79 Å². The van der Waals surface area contributed by atoms with Crippen molar-refractivity contribution in [1.82, 2.24) is 9.88 Å². The molecule has 0 saturated carbocycles. The van der Waals surface area contributed by atoms with Gasteiger partial charge in [0.1, 0.15) is 5.69 Å². The average Bonchev–Trinajstić information content (AvgIpc) is 2.34. The molecule has 1 aromatic heterocycles. The molecule has 0 aliphatic carbocycles. The van der Waals surface area contributed by atoms with Crippen molar-refractivity contribution in [3.63, 3.8) is 0 Å². The second-order valence-corrected chi connectivity index (χ2v) is 5.23. The van der Waals surface area contributed by atoms with Crippen LogP contribution in [-0.4, -0.2) is 28.9 Å². The summed E-state index contributed by atoms with van der Waals surface area (Å²) in [5.74, 6) is 0.561. The molecule has 1 aliphatic rings. The summed E-state index contributed by atoms with van der Waals surface area (Å²) in [6.07, 6.45) is 0. The third kappa shape index (κ3) is 1.85. The van der Waals surface area contributed by atoms with Crippen molar-refractivity contribution in [1.29, 1.82) is 0 Å². The molecule has 2 aromatic rings. The molecule has 1 amide bonds. The number of carbonyl (C=O) groups is 1. The zero-order chi connectivity index (χ0) is 12.7. The molecule has 1 aliphatic heterocycles. The van der Waals surface area contributed by atoms with Gasteiger partial charge in [0.15, 0.2) is 0 Å². The first kappa shape index (κ1) is 11.5. The van der Waals surface area contributed by atoms with E-state index in [-0.39, 0.29) is 5.91 Å². The Morgan fingerprint density at radius 2 is 2.11 bits per heavy atom. The van der Waals surface area contributed by atoms with Gasteiger partial charge in [-0.1, -0.05) is 36.7 Å². The lowest BCUT2D eigenvalue weighted by molar-refractivity contribution is 0.0524.